The summed E-state index contributed by atoms with van der Waals surface area (Å²) < 4.78 is 0. The number of amides is 1. The Balaban J connectivity index is 2.62. The van der Waals surface area contributed by atoms with E-state index in [9.17, 15) is 4.79 Å². The number of hydrogen-bond donors (Lipinski definition) is 2. The molecule has 0 aliphatic carbocycles. The van der Waals surface area contributed by atoms with Gasteiger partial charge in [0.05, 0.1) is 6.04 Å². The molecule has 0 saturated carbocycles. The Morgan fingerprint density at radius 3 is 2.31 bits per heavy atom. The quantitative estimate of drug-likeness (QED) is 0.792. The fourth-order valence-corrected chi connectivity index (χ4v) is 1.61. The summed E-state index contributed by atoms with van der Waals surface area (Å²) in [5.74, 6) is 0.0115. The van der Waals surface area contributed by atoms with Gasteiger partial charge in [-0.15, -0.1) is 11.8 Å². The van der Waals surface area contributed by atoms with E-state index in [1.807, 2.05) is 44.4 Å². The Labute approximate surface area is 101 Å². The van der Waals surface area contributed by atoms with Crippen LogP contribution in [0.25, 0.3) is 0 Å². The van der Waals surface area contributed by atoms with Crippen LogP contribution in [0.1, 0.15) is 13.8 Å². The number of benzene rings is 1. The number of rotatable bonds is 4. The number of anilines is 1. The smallest absolute Gasteiger partial charge is 0.241 e. The van der Waals surface area contributed by atoms with Crippen molar-refractivity contribution < 1.29 is 4.79 Å². The molecule has 1 aromatic carbocycles. The van der Waals surface area contributed by atoms with Gasteiger partial charge >= 0.3 is 0 Å². The molecule has 0 aliphatic rings. The summed E-state index contributed by atoms with van der Waals surface area (Å²) in [7, 11) is 0. The van der Waals surface area contributed by atoms with E-state index < -0.39 is 6.04 Å². The molecule has 1 aromatic rings. The molecule has 0 fully saturated rings. The molecule has 0 aliphatic heterocycles. The highest BCUT2D eigenvalue weighted by atomic mass is 32.2. The lowest BCUT2D eigenvalue weighted by Crippen LogP contribution is -2.39. The van der Waals surface area contributed by atoms with Crippen molar-refractivity contribution in [3.63, 3.8) is 0 Å². The van der Waals surface area contributed by atoms with Crippen LogP contribution in [-0.4, -0.2) is 18.2 Å². The van der Waals surface area contributed by atoms with Crippen LogP contribution in [-0.2, 0) is 4.79 Å². The molecule has 0 heterocycles. The van der Waals surface area contributed by atoms with Gasteiger partial charge in [-0.05, 0) is 36.4 Å². The van der Waals surface area contributed by atoms with Crippen LogP contribution >= 0.6 is 11.8 Å². The third kappa shape index (κ3) is 3.54. The van der Waals surface area contributed by atoms with Crippen LogP contribution in [0.4, 0.5) is 5.69 Å². The molecule has 0 radical (unpaired) electrons. The largest absolute Gasteiger partial charge is 0.325 e. The highest BCUT2D eigenvalue weighted by molar-refractivity contribution is 7.98. The molecule has 4 heteroatoms. The summed E-state index contributed by atoms with van der Waals surface area (Å²) in [6.45, 7) is 3.86. The van der Waals surface area contributed by atoms with Gasteiger partial charge in [0, 0.05) is 10.6 Å². The van der Waals surface area contributed by atoms with E-state index in [1.54, 1.807) is 11.8 Å². The minimum atomic E-state index is -0.458. The zero-order valence-corrected chi connectivity index (χ0v) is 10.7. The van der Waals surface area contributed by atoms with Gasteiger partial charge in [0.15, 0.2) is 0 Å². The Hall–Kier alpha value is -1.00. The standard InChI is InChI=1S/C12H18N2OS/c1-8(2)11(13)12(15)14-9-4-6-10(16-3)7-5-9/h4-8,11H,13H2,1-3H3,(H,14,15)/t11-/m1/s1. The Bertz CT molecular complexity index is 349. The van der Waals surface area contributed by atoms with E-state index in [0.29, 0.717) is 0 Å². The minimum Gasteiger partial charge on any atom is -0.325 e. The fraction of sp³-hybridized carbons (Fsp3) is 0.417. The van der Waals surface area contributed by atoms with Gasteiger partial charge in [-0.3, -0.25) is 4.79 Å². The van der Waals surface area contributed by atoms with Crippen LogP contribution in [0.3, 0.4) is 0 Å². The molecule has 16 heavy (non-hydrogen) atoms. The number of carbonyl (C=O) groups excluding carboxylic acids is 1. The summed E-state index contributed by atoms with van der Waals surface area (Å²) in [4.78, 5) is 12.8. The molecule has 1 atom stereocenters. The predicted octanol–water partition coefficient (Wildman–Crippen LogP) is 2.33. The highest BCUT2D eigenvalue weighted by Crippen LogP contribution is 2.17. The predicted molar refractivity (Wildman–Crippen MR) is 69.7 cm³/mol. The number of carbonyl (C=O) groups is 1. The SMILES string of the molecule is CSc1ccc(NC(=O)[C@H](N)C(C)C)cc1. The Kier molecular flexibility index (Phi) is 4.83. The van der Waals surface area contributed by atoms with Crippen LogP contribution in [0.2, 0.25) is 0 Å². The summed E-state index contributed by atoms with van der Waals surface area (Å²) in [5, 5.41) is 2.80. The lowest BCUT2D eigenvalue weighted by Gasteiger charge is -2.15. The van der Waals surface area contributed by atoms with Crippen molar-refractivity contribution in [1.29, 1.82) is 0 Å². The van der Waals surface area contributed by atoms with Crippen molar-refractivity contribution >= 4 is 23.4 Å². The number of thioether (sulfide) groups is 1. The maximum atomic E-state index is 11.7. The van der Waals surface area contributed by atoms with Gasteiger partial charge in [0.25, 0.3) is 0 Å². The van der Waals surface area contributed by atoms with Gasteiger partial charge in [-0.25, -0.2) is 0 Å². The average Bonchev–Trinajstić information content (AvgIpc) is 2.28. The summed E-state index contributed by atoms with van der Waals surface area (Å²) >= 11 is 1.67. The van der Waals surface area contributed by atoms with E-state index in [2.05, 4.69) is 5.32 Å². The van der Waals surface area contributed by atoms with Gasteiger partial charge in [-0.1, -0.05) is 13.8 Å². The number of nitrogens with one attached hydrogen (secondary N) is 1. The van der Waals surface area contributed by atoms with Gasteiger partial charge in [0.1, 0.15) is 0 Å². The Morgan fingerprint density at radius 1 is 1.31 bits per heavy atom. The van der Waals surface area contributed by atoms with Gasteiger partial charge < -0.3 is 11.1 Å². The third-order valence-electron chi connectivity index (χ3n) is 2.38. The second kappa shape index (κ2) is 5.92. The molecule has 88 valence electrons. The molecule has 0 aromatic heterocycles. The molecule has 0 spiro atoms. The van der Waals surface area contributed by atoms with Crippen LogP contribution in [0.5, 0.6) is 0 Å². The van der Waals surface area contributed by atoms with Crippen LogP contribution < -0.4 is 11.1 Å². The van der Waals surface area contributed by atoms with Crippen molar-refractivity contribution in [3.05, 3.63) is 24.3 Å². The van der Waals surface area contributed by atoms with E-state index in [4.69, 9.17) is 5.73 Å². The first kappa shape index (κ1) is 13.1. The van der Waals surface area contributed by atoms with Crippen molar-refractivity contribution in [2.24, 2.45) is 11.7 Å². The third-order valence-corrected chi connectivity index (χ3v) is 3.12. The molecule has 1 rings (SSSR count). The summed E-state index contributed by atoms with van der Waals surface area (Å²) in [5.41, 5.74) is 6.54. The topological polar surface area (TPSA) is 55.1 Å². The lowest BCUT2D eigenvalue weighted by molar-refractivity contribution is -0.118. The highest BCUT2D eigenvalue weighted by Gasteiger charge is 2.16. The monoisotopic (exact) mass is 238 g/mol. The Morgan fingerprint density at radius 2 is 1.88 bits per heavy atom. The maximum Gasteiger partial charge on any atom is 0.241 e. The molecule has 3 nitrogen and oxygen atoms in total. The molecular weight excluding hydrogens is 220 g/mol. The first-order valence-electron chi connectivity index (χ1n) is 5.25. The van der Waals surface area contributed by atoms with Crippen molar-refractivity contribution in [2.75, 3.05) is 11.6 Å². The van der Waals surface area contributed by atoms with Gasteiger partial charge in [0.2, 0.25) is 5.91 Å². The molecule has 0 bridgehead atoms. The maximum absolute atomic E-state index is 11.7. The van der Waals surface area contributed by atoms with E-state index in [1.165, 1.54) is 4.90 Å². The van der Waals surface area contributed by atoms with Crippen LogP contribution in [0, 0.1) is 5.92 Å². The zero-order chi connectivity index (χ0) is 12.1. The van der Waals surface area contributed by atoms with Crippen molar-refractivity contribution in [1.82, 2.24) is 0 Å². The summed E-state index contributed by atoms with van der Waals surface area (Å²) in [6, 6.07) is 7.26. The molecule has 0 unspecified atom stereocenters. The molecule has 1 amide bonds. The first-order chi connectivity index (χ1) is 7.54. The molecule has 0 saturated heterocycles. The second-order valence-corrected chi connectivity index (χ2v) is 4.87. The number of nitrogens with two attached hydrogens (primary N) is 1. The van der Waals surface area contributed by atoms with E-state index in [-0.39, 0.29) is 11.8 Å². The fourth-order valence-electron chi connectivity index (χ4n) is 1.20. The normalized spacial score (nSPS) is 12.6. The minimum absolute atomic E-state index is 0.132. The van der Waals surface area contributed by atoms with Crippen molar-refractivity contribution in [3.8, 4) is 0 Å². The average molecular weight is 238 g/mol. The molecular formula is C12H18N2OS. The second-order valence-electron chi connectivity index (χ2n) is 3.99. The van der Waals surface area contributed by atoms with E-state index in [0.717, 1.165) is 5.69 Å². The van der Waals surface area contributed by atoms with Crippen LogP contribution in [0.15, 0.2) is 29.2 Å². The first-order valence-corrected chi connectivity index (χ1v) is 6.47. The zero-order valence-electron chi connectivity index (χ0n) is 9.86. The lowest BCUT2D eigenvalue weighted by atomic mass is 10.1. The summed E-state index contributed by atoms with van der Waals surface area (Å²) in [6.07, 6.45) is 2.02. The van der Waals surface area contributed by atoms with E-state index >= 15 is 0 Å². The number of hydrogen-bond acceptors (Lipinski definition) is 3. The van der Waals surface area contributed by atoms with Crippen molar-refractivity contribution in [2.45, 2.75) is 24.8 Å². The molecule has 3 N–H and O–H groups in total. The van der Waals surface area contributed by atoms with Gasteiger partial charge in [-0.2, -0.15) is 0 Å².